The molecule has 0 aliphatic carbocycles. The largest absolute Gasteiger partial charge is 0.341 e. The van der Waals surface area contributed by atoms with Crippen LogP contribution in [0.2, 0.25) is 0 Å². The van der Waals surface area contributed by atoms with Crippen LogP contribution in [-0.4, -0.2) is 38.4 Å². The number of hydrogen-bond donors (Lipinski definition) is 0. The molecular weight excluding hydrogens is 312 g/mol. The Hall–Kier alpha value is -2.69. The van der Waals surface area contributed by atoms with E-state index in [4.69, 9.17) is 4.98 Å². The molecule has 0 radical (unpaired) electrons. The molecule has 1 aliphatic heterocycles. The molecule has 0 bridgehead atoms. The van der Waals surface area contributed by atoms with E-state index in [-0.39, 0.29) is 5.91 Å². The molecule has 0 atom stereocenters. The number of likely N-dealkylation sites (tertiary alicyclic amines) is 1. The number of amides is 1. The van der Waals surface area contributed by atoms with Crippen LogP contribution in [0, 0.1) is 5.92 Å². The van der Waals surface area contributed by atoms with Gasteiger partial charge in [0.2, 0.25) is 5.91 Å². The zero-order valence-electron chi connectivity index (χ0n) is 14.4. The third kappa shape index (κ3) is 3.14. The minimum absolute atomic E-state index is 0.167. The number of aromatic nitrogens is 3. The minimum Gasteiger partial charge on any atom is -0.341 e. The summed E-state index contributed by atoms with van der Waals surface area (Å²) in [5.41, 5.74) is 2.82. The van der Waals surface area contributed by atoms with E-state index in [2.05, 4.69) is 11.9 Å². The quantitative estimate of drug-likeness (QED) is 0.738. The predicted octanol–water partition coefficient (Wildman–Crippen LogP) is 3.36. The van der Waals surface area contributed by atoms with Crippen LogP contribution < -0.4 is 0 Å². The van der Waals surface area contributed by atoms with Crippen molar-refractivity contribution in [3.05, 3.63) is 48.8 Å². The molecule has 128 valence electrons. The first kappa shape index (κ1) is 15.8. The molecule has 2 aromatic heterocycles. The summed E-state index contributed by atoms with van der Waals surface area (Å²) in [5.74, 6) is 1.68. The Labute approximate surface area is 147 Å². The van der Waals surface area contributed by atoms with Crippen LogP contribution in [0.1, 0.15) is 19.8 Å². The first-order valence-electron chi connectivity index (χ1n) is 8.86. The molecule has 5 nitrogen and oxygen atoms in total. The smallest absolute Gasteiger partial charge is 0.242 e. The van der Waals surface area contributed by atoms with Gasteiger partial charge in [0.05, 0.1) is 11.0 Å². The molecule has 1 fully saturated rings. The maximum absolute atomic E-state index is 12.9. The van der Waals surface area contributed by atoms with Gasteiger partial charge in [-0.05, 0) is 43.0 Å². The van der Waals surface area contributed by atoms with Gasteiger partial charge in [0, 0.05) is 31.0 Å². The summed E-state index contributed by atoms with van der Waals surface area (Å²) in [6.07, 6.45) is 5.72. The van der Waals surface area contributed by atoms with E-state index in [9.17, 15) is 4.79 Å². The summed E-state index contributed by atoms with van der Waals surface area (Å²) in [6.45, 7) is 4.29. The van der Waals surface area contributed by atoms with Crippen molar-refractivity contribution in [3.8, 4) is 11.4 Å². The zero-order valence-corrected chi connectivity index (χ0v) is 14.4. The highest BCUT2D eigenvalue weighted by molar-refractivity contribution is 5.84. The van der Waals surface area contributed by atoms with Crippen LogP contribution in [0.3, 0.4) is 0 Å². The van der Waals surface area contributed by atoms with E-state index in [1.807, 2.05) is 45.9 Å². The predicted molar refractivity (Wildman–Crippen MR) is 97.9 cm³/mol. The van der Waals surface area contributed by atoms with Crippen molar-refractivity contribution in [1.82, 2.24) is 19.4 Å². The maximum Gasteiger partial charge on any atom is 0.242 e. The fourth-order valence-corrected chi connectivity index (χ4v) is 3.44. The topological polar surface area (TPSA) is 51.0 Å². The van der Waals surface area contributed by atoms with Gasteiger partial charge in [-0.1, -0.05) is 19.1 Å². The van der Waals surface area contributed by atoms with Crippen LogP contribution in [0.5, 0.6) is 0 Å². The third-order valence-corrected chi connectivity index (χ3v) is 5.00. The van der Waals surface area contributed by atoms with E-state index in [1.165, 1.54) is 0 Å². The lowest BCUT2D eigenvalue weighted by Crippen LogP contribution is -2.39. The van der Waals surface area contributed by atoms with Crippen molar-refractivity contribution < 1.29 is 4.79 Å². The number of piperidine rings is 1. The molecule has 0 N–H and O–H groups in total. The first-order valence-corrected chi connectivity index (χ1v) is 8.86. The monoisotopic (exact) mass is 334 g/mol. The lowest BCUT2D eigenvalue weighted by molar-refractivity contribution is -0.133. The van der Waals surface area contributed by atoms with Crippen molar-refractivity contribution in [2.24, 2.45) is 5.92 Å². The normalized spacial score (nSPS) is 15.6. The SMILES string of the molecule is CC1CCN(C(=O)Cn2c(-c3cccnc3)nc3ccccc32)CC1. The van der Waals surface area contributed by atoms with Gasteiger partial charge >= 0.3 is 0 Å². The lowest BCUT2D eigenvalue weighted by atomic mass is 9.99. The zero-order chi connectivity index (χ0) is 17.2. The molecule has 0 saturated carbocycles. The first-order chi connectivity index (χ1) is 12.2. The van der Waals surface area contributed by atoms with Gasteiger partial charge in [-0.2, -0.15) is 0 Å². The average Bonchev–Trinajstić information content (AvgIpc) is 3.02. The Morgan fingerprint density at radius 2 is 1.96 bits per heavy atom. The van der Waals surface area contributed by atoms with Gasteiger partial charge in [-0.3, -0.25) is 9.78 Å². The molecule has 3 heterocycles. The second-order valence-electron chi connectivity index (χ2n) is 6.82. The molecule has 25 heavy (non-hydrogen) atoms. The number of para-hydroxylation sites is 2. The van der Waals surface area contributed by atoms with Crippen LogP contribution in [0.4, 0.5) is 0 Å². The van der Waals surface area contributed by atoms with Crippen molar-refractivity contribution >= 4 is 16.9 Å². The Morgan fingerprint density at radius 1 is 1.16 bits per heavy atom. The minimum atomic E-state index is 0.167. The summed E-state index contributed by atoms with van der Waals surface area (Å²) in [5, 5.41) is 0. The second kappa shape index (κ2) is 6.67. The molecule has 3 aromatic rings. The van der Waals surface area contributed by atoms with Gasteiger partial charge in [-0.15, -0.1) is 0 Å². The molecule has 1 saturated heterocycles. The number of nitrogens with zero attached hydrogens (tertiary/aromatic N) is 4. The maximum atomic E-state index is 12.9. The van der Waals surface area contributed by atoms with E-state index < -0.39 is 0 Å². The molecular formula is C20H22N4O. The fraction of sp³-hybridized carbons (Fsp3) is 0.350. The highest BCUT2D eigenvalue weighted by atomic mass is 16.2. The van der Waals surface area contributed by atoms with E-state index in [0.29, 0.717) is 12.5 Å². The van der Waals surface area contributed by atoms with Crippen molar-refractivity contribution in [1.29, 1.82) is 0 Å². The van der Waals surface area contributed by atoms with E-state index in [1.54, 1.807) is 12.4 Å². The van der Waals surface area contributed by atoms with Crippen LogP contribution in [-0.2, 0) is 11.3 Å². The molecule has 0 spiro atoms. The van der Waals surface area contributed by atoms with Crippen LogP contribution in [0.25, 0.3) is 22.4 Å². The van der Waals surface area contributed by atoms with Crippen molar-refractivity contribution in [3.63, 3.8) is 0 Å². The number of carbonyl (C=O) groups excluding carboxylic acids is 1. The van der Waals surface area contributed by atoms with Gasteiger partial charge in [-0.25, -0.2) is 4.98 Å². The average molecular weight is 334 g/mol. The molecule has 1 amide bonds. The molecule has 0 unspecified atom stereocenters. The van der Waals surface area contributed by atoms with E-state index in [0.717, 1.165) is 48.4 Å². The number of rotatable bonds is 3. The Bertz CT molecular complexity index is 879. The summed E-state index contributed by atoms with van der Waals surface area (Å²) < 4.78 is 2.02. The number of fused-ring (bicyclic) bond motifs is 1. The molecule has 1 aliphatic rings. The number of benzene rings is 1. The molecule has 4 rings (SSSR count). The molecule has 5 heteroatoms. The highest BCUT2D eigenvalue weighted by Crippen LogP contribution is 2.25. The van der Waals surface area contributed by atoms with Crippen molar-refractivity contribution in [2.75, 3.05) is 13.1 Å². The highest BCUT2D eigenvalue weighted by Gasteiger charge is 2.22. The summed E-state index contributed by atoms with van der Waals surface area (Å²) >= 11 is 0. The number of hydrogen-bond acceptors (Lipinski definition) is 3. The summed E-state index contributed by atoms with van der Waals surface area (Å²) in [6, 6.07) is 11.8. The number of carbonyl (C=O) groups is 1. The van der Waals surface area contributed by atoms with E-state index >= 15 is 0 Å². The van der Waals surface area contributed by atoms with Gasteiger partial charge < -0.3 is 9.47 Å². The second-order valence-corrected chi connectivity index (χ2v) is 6.82. The third-order valence-electron chi connectivity index (χ3n) is 5.00. The van der Waals surface area contributed by atoms with Gasteiger partial charge in [0.15, 0.2) is 0 Å². The Morgan fingerprint density at radius 3 is 2.72 bits per heavy atom. The van der Waals surface area contributed by atoms with Crippen LogP contribution >= 0.6 is 0 Å². The number of pyridine rings is 1. The Kier molecular flexibility index (Phi) is 4.22. The molecule has 1 aromatic carbocycles. The van der Waals surface area contributed by atoms with Gasteiger partial charge in [0.1, 0.15) is 12.4 Å². The van der Waals surface area contributed by atoms with Crippen molar-refractivity contribution in [2.45, 2.75) is 26.3 Å². The lowest BCUT2D eigenvalue weighted by Gasteiger charge is -2.30. The fourth-order valence-electron chi connectivity index (χ4n) is 3.44. The van der Waals surface area contributed by atoms with Gasteiger partial charge in [0.25, 0.3) is 0 Å². The Balaban J connectivity index is 1.69. The number of imidazole rings is 1. The summed E-state index contributed by atoms with van der Waals surface area (Å²) in [4.78, 5) is 23.8. The standard InChI is InChI=1S/C20H22N4O/c1-15-8-11-23(12-9-15)19(25)14-24-18-7-3-2-6-17(18)22-20(24)16-5-4-10-21-13-16/h2-7,10,13,15H,8-9,11-12,14H2,1H3. The summed E-state index contributed by atoms with van der Waals surface area (Å²) in [7, 11) is 0. The van der Waals surface area contributed by atoms with Crippen LogP contribution in [0.15, 0.2) is 48.8 Å².